The Labute approximate surface area is 150 Å². The summed E-state index contributed by atoms with van der Waals surface area (Å²) in [4.78, 5) is 22.0. The smallest absolute Gasteiger partial charge is 0.254 e. The van der Waals surface area contributed by atoms with Crippen molar-refractivity contribution in [1.82, 2.24) is 14.9 Å². The van der Waals surface area contributed by atoms with Crippen LogP contribution < -0.4 is 5.73 Å². The van der Waals surface area contributed by atoms with E-state index < -0.39 is 0 Å². The predicted molar refractivity (Wildman–Crippen MR) is 99.6 cm³/mol. The fourth-order valence-electron chi connectivity index (χ4n) is 3.06. The van der Waals surface area contributed by atoms with Gasteiger partial charge in [-0.15, -0.1) is 0 Å². The number of imidazole rings is 1. The molecule has 4 N–H and O–H groups in total. The van der Waals surface area contributed by atoms with Crippen LogP contribution in [0.4, 0.5) is 5.69 Å². The monoisotopic (exact) mass is 349 g/mol. The summed E-state index contributed by atoms with van der Waals surface area (Å²) in [6.45, 7) is 2.34. The first-order valence-corrected chi connectivity index (χ1v) is 8.44. The van der Waals surface area contributed by atoms with E-state index in [4.69, 9.17) is 15.9 Å². The zero-order valence-electron chi connectivity index (χ0n) is 14.2. The number of anilines is 1. The number of aromatic nitrogens is 2. The number of para-hydroxylation sites is 1. The summed E-state index contributed by atoms with van der Waals surface area (Å²) in [5, 5.41) is 8.38. The van der Waals surface area contributed by atoms with Crippen LogP contribution in [0.25, 0.3) is 11.0 Å². The third kappa shape index (κ3) is 2.93. The number of nitrogens with zero attached hydrogens (tertiary/aromatic N) is 2. The minimum absolute atomic E-state index is 0.0197. The summed E-state index contributed by atoms with van der Waals surface area (Å²) in [7, 11) is 0. The standard InChI is InChI=1S/C19H19N5O2/c20-14-4-2-1-3-13(14)17(21)18-22-15-6-5-12(11-16(15)23-18)19(25)24-7-9-26-10-8-24/h1-6,11,21H,7-10,20H2,(H,22,23). The van der Waals surface area contributed by atoms with E-state index in [0.717, 1.165) is 5.52 Å². The lowest BCUT2D eigenvalue weighted by molar-refractivity contribution is 0.0303. The number of nitrogens with one attached hydrogen (secondary N) is 2. The molecule has 1 saturated heterocycles. The summed E-state index contributed by atoms with van der Waals surface area (Å²) < 4.78 is 5.29. The number of hydrogen-bond acceptors (Lipinski definition) is 5. The number of ether oxygens (including phenoxy) is 1. The molecule has 0 aliphatic carbocycles. The summed E-state index contributed by atoms with van der Waals surface area (Å²) >= 11 is 0. The van der Waals surface area contributed by atoms with Crippen molar-refractivity contribution in [2.24, 2.45) is 0 Å². The maximum absolute atomic E-state index is 12.6. The van der Waals surface area contributed by atoms with Crippen LogP contribution in [0.15, 0.2) is 42.5 Å². The van der Waals surface area contributed by atoms with Gasteiger partial charge in [0.2, 0.25) is 0 Å². The number of hydrogen-bond donors (Lipinski definition) is 3. The van der Waals surface area contributed by atoms with Crippen LogP contribution in [-0.2, 0) is 4.74 Å². The average Bonchev–Trinajstić information content (AvgIpc) is 3.11. The van der Waals surface area contributed by atoms with E-state index in [1.165, 1.54) is 0 Å². The minimum Gasteiger partial charge on any atom is -0.398 e. The van der Waals surface area contributed by atoms with E-state index in [9.17, 15) is 4.79 Å². The molecule has 1 aromatic heterocycles. The first-order valence-electron chi connectivity index (χ1n) is 8.44. The van der Waals surface area contributed by atoms with E-state index in [-0.39, 0.29) is 11.6 Å². The van der Waals surface area contributed by atoms with Crippen LogP contribution in [0.5, 0.6) is 0 Å². The van der Waals surface area contributed by atoms with Gasteiger partial charge in [-0.1, -0.05) is 18.2 Å². The molecule has 2 aromatic carbocycles. The van der Waals surface area contributed by atoms with E-state index in [1.54, 1.807) is 35.2 Å². The van der Waals surface area contributed by atoms with Gasteiger partial charge in [-0.05, 0) is 24.3 Å². The van der Waals surface area contributed by atoms with Crippen LogP contribution in [0.3, 0.4) is 0 Å². The van der Waals surface area contributed by atoms with E-state index >= 15 is 0 Å². The highest BCUT2D eigenvalue weighted by molar-refractivity contribution is 6.12. The molecular weight excluding hydrogens is 330 g/mol. The molecule has 4 rings (SSSR count). The number of nitrogens with two attached hydrogens (primary N) is 1. The molecule has 0 unspecified atom stereocenters. The lowest BCUT2D eigenvalue weighted by Gasteiger charge is -2.26. The lowest BCUT2D eigenvalue weighted by atomic mass is 10.1. The maximum Gasteiger partial charge on any atom is 0.254 e. The van der Waals surface area contributed by atoms with Crippen molar-refractivity contribution in [2.75, 3.05) is 32.0 Å². The van der Waals surface area contributed by atoms with Crippen molar-refractivity contribution in [2.45, 2.75) is 0 Å². The number of carbonyl (C=O) groups is 1. The molecule has 1 aliphatic heterocycles. The Morgan fingerprint density at radius 1 is 1.19 bits per heavy atom. The summed E-state index contributed by atoms with van der Waals surface area (Å²) in [6.07, 6.45) is 0. The molecule has 1 amide bonds. The average molecular weight is 349 g/mol. The van der Waals surface area contributed by atoms with Gasteiger partial charge in [0, 0.05) is 29.9 Å². The Hall–Kier alpha value is -3.19. The highest BCUT2D eigenvalue weighted by atomic mass is 16.5. The normalized spacial score (nSPS) is 14.5. The van der Waals surface area contributed by atoms with E-state index in [1.807, 2.05) is 12.1 Å². The van der Waals surface area contributed by atoms with Crippen molar-refractivity contribution in [3.05, 3.63) is 59.4 Å². The van der Waals surface area contributed by atoms with Gasteiger partial charge in [0.25, 0.3) is 5.91 Å². The zero-order chi connectivity index (χ0) is 18.1. The molecule has 0 radical (unpaired) electrons. The number of carbonyl (C=O) groups excluding carboxylic acids is 1. The first-order chi connectivity index (χ1) is 12.6. The third-order valence-corrected chi connectivity index (χ3v) is 4.49. The van der Waals surface area contributed by atoms with Crippen molar-refractivity contribution in [3.63, 3.8) is 0 Å². The second kappa shape index (κ2) is 6.61. The number of fused-ring (bicyclic) bond motifs is 1. The number of aromatic amines is 1. The van der Waals surface area contributed by atoms with E-state index in [2.05, 4.69) is 9.97 Å². The highest BCUT2D eigenvalue weighted by Crippen LogP contribution is 2.19. The van der Waals surface area contributed by atoms with Gasteiger partial charge in [-0.3, -0.25) is 10.2 Å². The van der Waals surface area contributed by atoms with E-state index in [0.29, 0.717) is 54.5 Å². The fourth-order valence-corrected chi connectivity index (χ4v) is 3.06. The number of amides is 1. The van der Waals surface area contributed by atoms with Crippen LogP contribution in [0, 0.1) is 5.41 Å². The third-order valence-electron chi connectivity index (χ3n) is 4.49. The Morgan fingerprint density at radius 2 is 1.96 bits per heavy atom. The summed E-state index contributed by atoms with van der Waals surface area (Å²) in [5.41, 5.74) is 9.35. The number of rotatable bonds is 3. The number of morpholine rings is 1. The molecule has 3 aromatic rings. The van der Waals surface area contributed by atoms with Crippen molar-refractivity contribution >= 4 is 28.3 Å². The SMILES string of the molecule is N=C(c1nc2ccc(C(=O)N3CCOCC3)cc2[nH]1)c1ccccc1N. The molecule has 2 heterocycles. The molecule has 0 saturated carbocycles. The van der Waals surface area contributed by atoms with Gasteiger partial charge in [0.15, 0.2) is 5.82 Å². The van der Waals surface area contributed by atoms with Crippen LogP contribution >= 0.6 is 0 Å². The second-order valence-electron chi connectivity index (χ2n) is 6.18. The molecular formula is C19H19N5O2. The quantitative estimate of drug-likeness (QED) is 0.496. The van der Waals surface area contributed by atoms with Gasteiger partial charge in [0.05, 0.1) is 24.2 Å². The largest absolute Gasteiger partial charge is 0.398 e. The molecule has 7 nitrogen and oxygen atoms in total. The van der Waals surface area contributed by atoms with Gasteiger partial charge >= 0.3 is 0 Å². The predicted octanol–water partition coefficient (Wildman–Crippen LogP) is 2.03. The topological polar surface area (TPSA) is 108 Å². The first kappa shape index (κ1) is 16.3. The maximum atomic E-state index is 12.6. The Morgan fingerprint density at radius 3 is 2.73 bits per heavy atom. The van der Waals surface area contributed by atoms with Crippen LogP contribution in [-0.4, -0.2) is 52.8 Å². The zero-order valence-corrected chi connectivity index (χ0v) is 14.2. The van der Waals surface area contributed by atoms with Crippen LogP contribution in [0.2, 0.25) is 0 Å². The number of nitrogen functional groups attached to an aromatic ring is 1. The number of H-pyrrole nitrogens is 1. The van der Waals surface area contributed by atoms with Crippen molar-refractivity contribution in [1.29, 1.82) is 5.41 Å². The second-order valence-corrected chi connectivity index (χ2v) is 6.18. The Balaban J connectivity index is 1.64. The van der Waals surface area contributed by atoms with Crippen molar-refractivity contribution in [3.8, 4) is 0 Å². The molecule has 1 aliphatic rings. The molecule has 132 valence electrons. The summed E-state index contributed by atoms with van der Waals surface area (Å²) in [6, 6.07) is 12.6. The lowest BCUT2D eigenvalue weighted by Crippen LogP contribution is -2.40. The van der Waals surface area contributed by atoms with Gasteiger partial charge in [0.1, 0.15) is 5.71 Å². The molecule has 26 heavy (non-hydrogen) atoms. The number of benzene rings is 2. The minimum atomic E-state index is -0.0197. The highest BCUT2D eigenvalue weighted by Gasteiger charge is 2.19. The van der Waals surface area contributed by atoms with Gasteiger partial charge in [-0.25, -0.2) is 4.98 Å². The fraction of sp³-hybridized carbons (Fsp3) is 0.211. The van der Waals surface area contributed by atoms with Gasteiger partial charge in [-0.2, -0.15) is 0 Å². The molecule has 1 fully saturated rings. The Bertz CT molecular complexity index is 989. The molecule has 0 atom stereocenters. The molecule has 7 heteroatoms. The molecule has 0 spiro atoms. The molecule has 0 bridgehead atoms. The summed E-state index contributed by atoms with van der Waals surface area (Å²) in [5.74, 6) is 0.405. The van der Waals surface area contributed by atoms with Crippen molar-refractivity contribution < 1.29 is 9.53 Å². The van der Waals surface area contributed by atoms with Crippen LogP contribution in [0.1, 0.15) is 21.7 Å². The Kier molecular flexibility index (Phi) is 4.14. The van der Waals surface area contributed by atoms with Gasteiger partial charge < -0.3 is 20.4 Å².